The fourth-order valence-electron chi connectivity index (χ4n) is 10.6. The monoisotopic (exact) mass is 500 g/mol. The first-order chi connectivity index (χ1) is 17.2. The zero-order valence-electron chi connectivity index (χ0n) is 25.6. The molecule has 0 bridgehead atoms. The van der Waals surface area contributed by atoms with Gasteiger partial charge in [0.05, 0.1) is 12.2 Å². The van der Waals surface area contributed by atoms with Crippen molar-refractivity contribution in [3.8, 4) is 0 Å². The Kier molecular flexibility index (Phi) is 10.00. The van der Waals surface area contributed by atoms with Crippen LogP contribution in [0.15, 0.2) is 0 Å². The van der Waals surface area contributed by atoms with Gasteiger partial charge in [-0.1, -0.05) is 86.5 Å². The number of hydrogen-bond acceptors (Lipinski definition) is 1. The first-order valence-electron chi connectivity index (χ1n) is 16.8. The molecule has 4 aliphatic rings. The maximum absolute atomic E-state index is 6.67. The van der Waals surface area contributed by atoms with E-state index in [1.807, 2.05) is 0 Å². The summed E-state index contributed by atoms with van der Waals surface area (Å²) >= 11 is 0. The standard InChI is InChI=1S/C35H64O/c1-8-9-10-11-15-27(5)36-29-20-22-34(6)28(24-29)16-17-30-32-19-18-31(26(4)14-12-13-25(2)3)35(32,7)23-21-33(30)34/h25-33H,8-24H2,1-7H3/t26?,27?,28?,29?,30-,31+,32-,33-,34-,35+/m0/s1. The van der Waals surface area contributed by atoms with Crippen LogP contribution in [0.1, 0.15) is 158 Å². The van der Waals surface area contributed by atoms with Gasteiger partial charge in [-0.2, -0.15) is 0 Å². The zero-order valence-corrected chi connectivity index (χ0v) is 25.6. The van der Waals surface area contributed by atoms with Crippen LogP contribution in [0.4, 0.5) is 0 Å². The lowest BCUT2D eigenvalue weighted by Crippen LogP contribution is -2.54. The second kappa shape index (κ2) is 12.4. The molecule has 1 heteroatoms. The molecule has 0 aliphatic heterocycles. The summed E-state index contributed by atoms with van der Waals surface area (Å²) in [5, 5.41) is 0. The van der Waals surface area contributed by atoms with Crippen LogP contribution in [0.3, 0.4) is 0 Å². The van der Waals surface area contributed by atoms with E-state index in [-0.39, 0.29) is 0 Å². The molecule has 0 heterocycles. The van der Waals surface area contributed by atoms with E-state index >= 15 is 0 Å². The molecule has 0 spiro atoms. The van der Waals surface area contributed by atoms with E-state index in [2.05, 4.69) is 48.5 Å². The molecule has 4 unspecified atom stereocenters. The minimum atomic E-state index is 0.459. The third-order valence-electron chi connectivity index (χ3n) is 12.7. The maximum atomic E-state index is 6.67. The molecule has 0 saturated heterocycles. The van der Waals surface area contributed by atoms with Crippen LogP contribution in [0, 0.1) is 52.3 Å². The van der Waals surface area contributed by atoms with Crippen molar-refractivity contribution < 1.29 is 4.74 Å². The molecule has 0 amide bonds. The maximum Gasteiger partial charge on any atom is 0.0581 e. The second-order valence-electron chi connectivity index (χ2n) is 15.4. The summed E-state index contributed by atoms with van der Waals surface area (Å²) in [6.45, 7) is 17.6. The van der Waals surface area contributed by atoms with Gasteiger partial charge in [0, 0.05) is 0 Å². The summed E-state index contributed by atoms with van der Waals surface area (Å²) < 4.78 is 6.67. The lowest BCUT2D eigenvalue weighted by Gasteiger charge is -2.61. The van der Waals surface area contributed by atoms with Gasteiger partial charge in [-0.05, 0) is 123 Å². The van der Waals surface area contributed by atoms with Gasteiger partial charge in [0.15, 0.2) is 0 Å². The van der Waals surface area contributed by atoms with Crippen molar-refractivity contribution in [3.05, 3.63) is 0 Å². The predicted molar refractivity (Wildman–Crippen MR) is 156 cm³/mol. The van der Waals surface area contributed by atoms with Crippen molar-refractivity contribution in [2.75, 3.05) is 0 Å². The molecule has 210 valence electrons. The van der Waals surface area contributed by atoms with Crippen LogP contribution in [0.2, 0.25) is 0 Å². The molecule has 10 atom stereocenters. The first kappa shape index (κ1) is 29.0. The Morgan fingerprint density at radius 1 is 0.722 bits per heavy atom. The van der Waals surface area contributed by atoms with Gasteiger partial charge in [-0.25, -0.2) is 0 Å². The molecular formula is C35H64O. The zero-order chi connectivity index (χ0) is 25.9. The Labute approximate surface area is 226 Å². The van der Waals surface area contributed by atoms with Crippen molar-refractivity contribution >= 4 is 0 Å². The molecule has 4 saturated carbocycles. The van der Waals surface area contributed by atoms with Gasteiger partial charge >= 0.3 is 0 Å². The largest absolute Gasteiger partial charge is 0.375 e. The summed E-state index contributed by atoms with van der Waals surface area (Å²) in [6.07, 6.45) is 25.3. The predicted octanol–water partition coefficient (Wildman–Crippen LogP) is 10.9. The number of ether oxygens (including phenoxy) is 1. The van der Waals surface area contributed by atoms with Crippen molar-refractivity contribution in [3.63, 3.8) is 0 Å². The minimum Gasteiger partial charge on any atom is -0.375 e. The Bertz CT molecular complexity index is 670. The highest BCUT2D eigenvalue weighted by Crippen LogP contribution is 2.68. The van der Waals surface area contributed by atoms with Gasteiger partial charge in [0.25, 0.3) is 0 Å². The Hall–Kier alpha value is -0.0400. The Morgan fingerprint density at radius 2 is 1.47 bits per heavy atom. The lowest BCUT2D eigenvalue weighted by atomic mass is 9.44. The topological polar surface area (TPSA) is 9.23 Å². The van der Waals surface area contributed by atoms with Gasteiger partial charge in [0.2, 0.25) is 0 Å². The van der Waals surface area contributed by atoms with E-state index in [9.17, 15) is 0 Å². The summed E-state index contributed by atoms with van der Waals surface area (Å²) in [5.41, 5.74) is 1.23. The Morgan fingerprint density at radius 3 is 2.22 bits per heavy atom. The Balaban J connectivity index is 1.33. The average Bonchev–Trinajstić information content (AvgIpc) is 3.19. The van der Waals surface area contributed by atoms with Crippen LogP contribution in [0.5, 0.6) is 0 Å². The smallest absolute Gasteiger partial charge is 0.0581 e. The number of hydrogen-bond donors (Lipinski definition) is 0. The fraction of sp³-hybridized carbons (Fsp3) is 1.00. The summed E-state index contributed by atoms with van der Waals surface area (Å²) in [4.78, 5) is 0. The van der Waals surface area contributed by atoms with Crippen molar-refractivity contribution in [1.82, 2.24) is 0 Å². The van der Waals surface area contributed by atoms with Crippen molar-refractivity contribution in [1.29, 1.82) is 0 Å². The van der Waals surface area contributed by atoms with Gasteiger partial charge in [-0.15, -0.1) is 0 Å². The van der Waals surface area contributed by atoms with Gasteiger partial charge in [-0.3, -0.25) is 0 Å². The molecule has 4 aliphatic carbocycles. The molecule has 0 aromatic rings. The molecule has 0 N–H and O–H groups in total. The van der Waals surface area contributed by atoms with Crippen molar-refractivity contribution in [2.24, 2.45) is 52.3 Å². The molecule has 0 aromatic heterocycles. The average molecular weight is 501 g/mol. The molecule has 4 rings (SSSR count). The van der Waals surface area contributed by atoms with E-state index in [1.165, 1.54) is 103 Å². The molecule has 4 fully saturated rings. The fourth-order valence-corrected chi connectivity index (χ4v) is 10.6. The number of fused-ring (bicyclic) bond motifs is 5. The van der Waals surface area contributed by atoms with Crippen LogP contribution < -0.4 is 0 Å². The molecule has 0 aromatic carbocycles. The number of unbranched alkanes of at least 4 members (excludes halogenated alkanes) is 3. The highest BCUT2D eigenvalue weighted by atomic mass is 16.5. The normalized spacial score (nSPS) is 42.0. The van der Waals surface area contributed by atoms with Crippen LogP contribution >= 0.6 is 0 Å². The van der Waals surface area contributed by atoms with E-state index in [0.29, 0.717) is 23.0 Å². The highest BCUT2D eigenvalue weighted by Gasteiger charge is 2.60. The van der Waals surface area contributed by atoms with Crippen LogP contribution in [0.25, 0.3) is 0 Å². The van der Waals surface area contributed by atoms with Gasteiger partial charge in [0.1, 0.15) is 0 Å². The van der Waals surface area contributed by atoms with Crippen LogP contribution in [-0.2, 0) is 4.74 Å². The lowest BCUT2D eigenvalue weighted by molar-refractivity contribution is -0.144. The van der Waals surface area contributed by atoms with E-state index in [4.69, 9.17) is 4.74 Å². The molecule has 36 heavy (non-hydrogen) atoms. The van der Waals surface area contributed by atoms with E-state index in [0.717, 1.165) is 41.4 Å². The molecule has 0 radical (unpaired) electrons. The van der Waals surface area contributed by atoms with Gasteiger partial charge < -0.3 is 4.74 Å². The summed E-state index contributed by atoms with van der Waals surface area (Å²) in [6, 6.07) is 0. The summed E-state index contributed by atoms with van der Waals surface area (Å²) in [7, 11) is 0. The van der Waals surface area contributed by atoms with Crippen molar-refractivity contribution in [2.45, 2.75) is 170 Å². The SMILES string of the molecule is CCCCCCC(C)OC1CC[C@@]2(C)C(CC[C@H]3[C@@H]4CC[C@H](C(C)CCCC(C)C)[C@@]4(C)CC[C@@H]32)C1. The van der Waals surface area contributed by atoms with E-state index in [1.54, 1.807) is 6.42 Å². The molecule has 1 nitrogen and oxygen atoms in total. The quantitative estimate of drug-likeness (QED) is 0.242. The first-order valence-corrected chi connectivity index (χ1v) is 16.8. The minimum absolute atomic E-state index is 0.459. The number of rotatable bonds is 12. The third kappa shape index (κ3) is 6.07. The summed E-state index contributed by atoms with van der Waals surface area (Å²) in [5.74, 6) is 6.74. The molecular weight excluding hydrogens is 436 g/mol. The van der Waals surface area contributed by atoms with Crippen LogP contribution in [-0.4, -0.2) is 12.2 Å². The second-order valence-corrected chi connectivity index (χ2v) is 15.4. The third-order valence-corrected chi connectivity index (χ3v) is 12.7. The van der Waals surface area contributed by atoms with E-state index < -0.39 is 0 Å². The highest BCUT2D eigenvalue weighted by molar-refractivity contribution is 5.09.